The van der Waals surface area contributed by atoms with Crippen molar-refractivity contribution in [3.05, 3.63) is 0 Å². The second-order valence-electron chi connectivity index (χ2n) is 5.77. The van der Waals surface area contributed by atoms with E-state index in [2.05, 4.69) is 0 Å². The number of amides is 1. The minimum Gasteiger partial charge on any atom is -0.481 e. The Hall–Kier alpha value is -1.10. The summed E-state index contributed by atoms with van der Waals surface area (Å²) in [5.41, 5.74) is 4.93. The maximum absolute atomic E-state index is 12.2. The molecule has 0 aliphatic carbocycles. The molecule has 0 spiro atoms. The van der Waals surface area contributed by atoms with Crippen molar-refractivity contribution in [2.75, 3.05) is 13.1 Å². The molecule has 104 valence electrons. The van der Waals surface area contributed by atoms with E-state index in [1.165, 1.54) is 0 Å². The molecule has 1 fully saturated rings. The summed E-state index contributed by atoms with van der Waals surface area (Å²) < 4.78 is 0. The Kier molecular flexibility index (Phi) is 4.37. The van der Waals surface area contributed by atoms with Crippen molar-refractivity contribution >= 4 is 11.9 Å². The Bertz CT molecular complexity index is 341. The van der Waals surface area contributed by atoms with Gasteiger partial charge < -0.3 is 15.7 Å². The van der Waals surface area contributed by atoms with Crippen molar-refractivity contribution in [2.45, 2.75) is 40.2 Å². The molecular formula is C13H24N2O3. The minimum atomic E-state index is -0.804. The lowest BCUT2D eigenvalue weighted by molar-refractivity contribution is -0.151. The molecule has 18 heavy (non-hydrogen) atoms. The molecule has 3 N–H and O–H groups in total. The van der Waals surface area contributed by atoms with Gasteiger partial charge in [-0.3, -0.25) is 9.59 Å². The molecule has 1 rings (SSSR count). The fraction of sp³-hybridized carbons (Fsp3) is 0.846. The number of hydrogen-bond acceptors (Lipinski definition) is 3. The molecule has 0 aromatic heterocycles. The van der Waals surface area contributed by atoms with Crippen molar-refractivity contribution in [1.82, 2.24) is 4.90 Å². The second kappa shape index (κ2) is 5.26. The molecule has 0 aromatic rings. The summed E-state index contributed by atoms with van der Waals surface area (Å²) >= 11 is 0. The van der Waals surface area contributed by atoms with Crippen LogP contribution >= 0.6 is 0 Å². The first-order valence-corrected chi connectivity index (χ1v) is 6.50. The van der Waals surface area contributed by atoms with E-state index in [1.54, 1.807) is 18.7 Å². The van der Waals surface area contributed by atoms with Gasteiger partial charge in [-0.2, -0.15) is 0 Å². The van der Waals surface area contributed by atoms with Gasteiger partial charge in [0, 0.05) is 19.1 Å². The standard InChI is InChI=1S/C13H24N2O3/c1-8(2)13(12(17)18)5-6-15(7-13)11(16)9(3)10(4)14/h8-10H,5-7,14H2,1-4H3,(H,17,18). The summed E-state index contributed by atoms with van der Waals surface area (Å²) in [5, 5.41) is 9.42. The number of aliphatic carboxylic acids is 1. The first kappa shape index (κ1) is 15.0. The topological polar surface area (TPSA) is 83.6 Å². The fourth-order valence-electron chi connectivity index (χ4n) is 2.43. The Labute approximate surface area is 108 Å². The monoisotopic (exact) mass is 256 g/mol. The molecule has 1 saturated heterocycles. The lowest BCUT2D eigenvalue weighted by Crippen LogP contribution is -2.44. The molecule has 1 aliphatic rings. The largest absolute Gasteiger partial charge is 0.481 e. The van der Waals surface area contributed by atoms with Crippen molar-refractivity contribution in [1.29, 1.82) is 0 Å². The van der Waals surface area contributed by atoms with Crippen LogP contribution in [-0.2, 0) is 9.59 Å². The number of nitrogens with zero attached hydrogens (tertiary/aromatic N) is 1. The summed E-state index contributed by atoms with van der Waals surface area (Å²) in [6.07, 6.45) is 0.525. The zero-order valence-electron chi connectivity index (χ0n) is 11.6. The summed E-state index contributed by atoms with van der Waals surface area (Å²) in [5.74, 6) is -1.09. The van der Waals surface area contributed by atoms with E-state index in [1.807, 2.05) is 13.8 Å². The van der Waals surface area contributed by atoms with Crippen LogP contribution in [-0.4, -0.2) is 41.0 Å². The van der Waals surface area contributed by atoms with E-state index >= 15 is 0 Å². The first-order valence-electron chi connectivity index (χ1n) is 6.50. The van der Waals surface area contributed by atoms with Crippen LogP contribution in [0.2, 0.25) is 0 Å². The highest BCUT2D eigenvalue weighted by atomic mass is 16.4. The minimum absolute atomic E-state index is 0.0124. The Balaban J connectivity index is 2.82. The summed E-state index contributed by atoms with van der Waals surface area (Å²) in [7, 11) is 0. The van der Waals surface area contributed by atoms with E-state index < -0.39 is 11.4 Å². The van der Waals surface area contributed by atoms with Gasteiger partial charge in [-0.25, -0.2) is 0 Å². The third-order valence-electron chi connectivity index (χ3n) is 4.32. The maximum atomic E-state index is 12.2. The van der Waals surface area contributed by atoms with Gasteiger partial charge in [0.15, 0.2) is 0 Å². The number of nitrogens with two attached hydrogens (primary N) is 1. The normalized spacial score (nSPS) is 27.3. The Morgan fingerprint density at radius 3 is 2.17 bits per heavy atom. The van der Waals surface area contributed by atoms with Crippen molar-refractivity contribution in [3.8, 4) is 0 Å². The maximum Gasteiger partial charge on any atom is 0.311 e. The molecule has 0 aromatic carbocycles. The molecular weight excluding hydrogens is 232 g/mol. The van der Waals surface area contributed by atoms with E-state index in [4.69, 9.17) is 5.73 Å². The number of carboxylic acid groups (broad SMARTS) is 1. The van der Waals surface area contributed by atoms with Gasteiger partial charge in [0.1, 0.15) is 0 Å². The molecule has 0 bridgehead atoms. The number of likely N-dealkylation sites (tertiary alicyclic amines) is 1. The molecule has 0 radical (unpaired) electrons. The van der Waals surface area contributed by atoms with Gasteiger partial charge in [-0.1, -0.05) is 20.8 Å². The summed E-state index contributed by atoms with van der Waals surface area (Å²) in [4.78, 5) is 25.3. The average molecular weight is 256 g/mol. The van der Waals surface area contributed by atoms with E-state index in [0.29, 0.717) is 19.5 Å². The average Bonchev–Trinajstić information content (AvgIpc) is 2.72. The third kappa shape index (κ3) is 2.51. The Morgan fingerprint density at radius 1 is 1.28 bits per heavy atom. The van der Waals surface area contributed by atoms with Crippen LogP contribution in [0.3, 0.4) is 0 Å². The number of carbonyl (C=O) groups is 2. The van der Waals surface area contributed by atoms with Crippen LogP contribution in [0.1, 0.15) is 34.1 Å². The van der Waals surface area contributed by atoms with Crippen molar-refractivity contribution in [3.63, 3.8) is 0 Å². The zero-order chi connectivity index (χ0) is 14.1. The molecule has 1 amide bonds. The van der Waals surface area contributed by atoms with Crippen LogP contribution < -0.4 is 5.73 Å². The van der Waals surface area contributed by atoms with Gasteiger partial charge in [-0.15, -0.1) is 0 Å². The number of rotatable bonds is 4. The SMILES string of the molecule is CC(N)C(C)C(=O)N1CCC(C(=O)O)(C(C)C)C1. The molecule has 1 aliphatic heterocycles. The van der Waals surface area contributed by atoms with Crippen molar-refractivity contribution < 1.29 is 14.7 Å². The van der Waals surface area contributed by atoms with Gasteiger partial charge >= 0.3 is 5.97 Å². The highest BCUT2D eigenvalue weighted by Crippen LogP contribution is 2.38. The third-order valence-corrected chi connectivity index (χ3v) is 4.32. The Morgan fingerprint density at radius 2 is 1.83 bits per heavy atom. The van der Waals surface area contributed by atoms with E-state index in [0.717, 1.165) is 0 Å². The lowest BCUT2D eigenvalue weighted by atomic mass is 9.76. The first-order chi connectivity index (χ1) is 8.22. The van der Waals surface area contributed by atoms with Gasteiger partial charge in [0.25, 0.3) is 0 Å². The van der Waals surface area contributed by atoms with Gasteiger partial charge in [-0.05, 0) is 19.3 Å². The fourth-order valence-corrected chi connectivity index (χ4v) is 2.43. The number of carbonyl (C=O) groups excluding carboxylic acids is 1. The summed E-state index contributed by atoms with van der Waals surface area (Å²) in [6.45, 7) is 8.21. The zero-order valence-corrected chi connectivity index (χ0v) is 11.6. The lowest BCUT2D eigenvalue weighted by Gasteiger charge is -2.29. The van der Waals surface area contributed by atoms with Crippen LogP contribution in [0.25, 0.3) is 0 Å². The molecule has 3 unspecified atom stereocenters. The smallest absolute Gasteiger partial charge is 0.311 e. The van der Waals surface area contributed by atoms with Crippen LogP contribution in [0.5, 0.6) is 0 Å². The quantitative estimate of drug-likeness (QED) is 0.783. The highest BCUT2D eigenvalue weighted by molar-refractivity contribution is 5.82. The van der Waals surface area contributed by atoms with Gasteiger partial charge in [0.2, 0.25) is 5.91 Å². The number of carboxylic acids is 1. The molecule has 3 atom stereocenters. The predicted molar refractivity (Wildman–Crippen MR) is 68.9 cm³/mol. The second-order valence-corrected chi connectivity index (χ2v) is 5.77. The predicted octanol–water partition coefficient (Wildman–Crippen LogP) is 0.929. The summed E-state index contributed by atoms with van der Waals surface area (Å²) in [6, 6.07) is -0.212. The molecule has 0 saturated carbocycles. The number of hydrogen-bond donors (Lipinski definition) is 2. The molecule has 1 heterocycles. The van der Waals surface area contributed by atoms with Crippen molar-refractivity contribution in [2.24, 2.45) is 23.0 Å². The molecule has 5 heteroatoms. The van der Waals surface area contributed by atoms with Crippen LogP contribution in [0.4, 0.5) is 0 Å². The molecule has 5 nitrogen and oxygen atoms in total. The van der Waals surface area contributed by atoms with E-state index in [9.17, 15) is 14.7 Å². The van der Waals surface area contributed by atoms with E-state index in [-0.39, 0.29) is 23.8 Å². The van der Waals surface area contributed by atoms with Crippen LogP contribution in [0.15, 0.2) is 0 Å². The van der Waals surface area contributed by atoms with Crippen LogP contribution in [0, 0.1) is 17.3 Å². The van der Waals surface area contributed by atoms with Gasteiger partial charge in [0.05, 0.1) is 11.3 Å². The highest BCUT2D eigenvalue weighted by Gasteiger charge is 2.48.